The van der Waals surface area contributed by atoms with Gasteiger partial charge in [0.05, 0.1) is 29.6 Å². The van der Waals surface area contributed by atoms with Gasteiger partial charge in [0.25, 0.3) is 5.91 Å². The van der Waals surface area contributed by atoms with Gasteiger partial charge in [-0.2, -0.15) is 5.10 Å². The van der Waals surface area contributed by atoms with Crippen molar-refractivity contribution in [3.8, 4) is 17.3 Å². The largest absolute Gasteiger partial charge is 0.435 e. The van der Waals surface area contributed by atoms with E-state index >= 15 is 0 Å². The molecule has 0 bridgehead atoms. The molecule has 3 aromatic carbocycles. The predicted octanol–water partition coefficient (Wildman–Crippen LogP) is 6.75. The first-order valence-corrected chi connectivity index (χ1v) is 13.1. The van der Waals surface area contributed by atoms with Crippen LogP contribution in [0.5, 0.6) is 11.6 Å². The fourth-order valence-electron chi connectivity index (χ4n) is 4.75. The van der Waals surface area contributed by atoms with Gasteiger partial charge in [-0.15, -0.1) is 0 Å². The molecule has 5 rings (SSSR count). The molecular weight excluding hydrogens is 481 g/mol. The van der Waals surface area contributed by atoms with E-state index in [0.717, 1.165) is 29.8 Å². The second-order valence-electron chi connectivity index (χ2n) is 9.79. The van der Waals surface area contributed by atoms with E-state index in [4.69, 9.17) is 14.6 Å². The summed E-state index contributed by atoms with van der Waals surface area (Å²) >= 11 is 0. The van der Waals surface area contributed by atoms with Crippen LogP contribution < -0.4 is 4.74 Å². The van der Waals surface area contributed by atoms with Crippen LogP contribution in [0, 0.1) is 5.82 Å². The number of nitrogens with zero attached hydrogens (tertiary/aromatic N) is 3. The summed E-state index contributed by atoms with van der Waals surface area (Å²) in [5.74, 6) is -0.0409. The Morgan fingerprint density at radius 2 is 1.74 bits per heavy atom. The van der Waals surface area contributed by atoms with Gasteiger partial charge in [-0.3, -0.25) is 4.79 Å². The molecule has 6 nitrogen and oxygen atoms in total. The van der Waals surface area contributed by atoms with Gasteiger partial charge < -0.3 is 14.4 Å². The van der Waals surface area contributed by atoms with E-state index in [-0.39, 0.29) is 30.2 Å². The Kier molecular flexibility index (Phi) is 7.84. The molecule has 0 saturated carbocycles. The van der Waals surface area contributed by atoms with E-state index in [2.05, 4.69) is 13.8 Å². The fraction of sp³-hybridized carbons (Fsp3) is 0.290. The Morgan fingerprint density at radius 3 is 2.39 bits per heavy atom. The first-order valence-electron chi connectivity index (χ1n) is 13.1. The third-order valence-electron chi connectivity index (χ3n) is 6.66. The van der Waals surface area contributed by atoms with Gasteiger partial charge in [-0.05, 0) is 55.2 Å². The zero-order chi connectivity index (χ0) is 26.5. The van der Waals surface area contributed by atoms with Crippen molar-refractivity contribution in [2.45, 2.75) is 45.3 Å². The van der Waals surface area contributed by atoms with Gasteiger partial charge in [-0.25, -0.2) is 9.07 Å². The second kappa shape index (κ2) is 11.6. The van der Waals surface area contributed by atoms with Crippen LogP contribution in [0.4, 0.5) is 4.39 Å². The summed E-state index contributed by atoms with van der Waals surface area (Å²) in [6, 6.07) is 25.2. The standard InChI is InChI=1S/C31H32FN3O3/c1-22(2)29-26(21-34(20-25-16-11-19-37-25)30(36)23-12-5-3-6-13-23)31(38-28-18-10-9-17-27(28)32)35(33-29)24-14-7-4-8-15-24/h3-10,12-15,17-18,22,25H,11,16,19-21H2,1-2H3/t25-/m1/s1. The Morgan fingerprint density at radius 1 is 1.05 bits per heavy atom. The number of benzene rings is 3. The fourth-order valence-corrected chi connectivity index (χ4v) is 4.75. The minimum atomic E-state index is -0.470. The van der Waals surface area contributed by atoms with E-state index < -0.39 is 5.82 Å². The summed E-state index contributed by atoms with van der Waals surface area (Å²) in [5, 5.41) is 4.92. The number of ether oxygens (including phenoxy) is 2. The molecular formula is C31H32FN3O3. The summed E-state index contributed by atoms with van der Waals surface area (Å²) in [6.07, 6.45) is 1.84. The second-order valence-corrected chi connectivity index (χ2v) is 9.79. The van der Waals surface area contributed by atoms with Crippen LogP contribution in [0.25, 0.3) is 5.69 Å². The SMILES string of the molecule is CC(C)c1nn(-c2ccccc2)c(Oc2ccccc2F)c1CN(C[C@H]1CCCO1)C(=O)c1ccccc1. The van der Waals surface area contributed by atoms with Gasteiger partial charge in [-0.1, -0.05) is 62.4 Å². The molecule has 1 saturated heterocycles. The summed E-state index contributed by atoms with van der Waals surface area (Å²) in [6.45, 7) is 5.50. The zero-order valence-electron chi connectivity index (χ0n) is 21.7. The van der Waals surface area contributed by atoms with Crippen molar-refractivity contribution >= 4 is 5.91 Å². The molecule has 0 spiro atoms. The molecule has 0 aliphatic carbocycles. The third-order valence-corrected chi connectivity index (χ3v) is 6.66. The molecule has 0 radical (unpaired) electrons. The molecule has 1 aliphatic rings. The quantitative estimate of drug-likeness (QED) is 0.248. The van der Waals surface area contributed by atoms with Crippen molar-refractivity contribution in [2.24, 2.45) is 0 Å². The molecule has 1 aliphatic heterocycles. The molecule has 2 heterocycles. The molecule has 196 valence electrons. The molecule has 1 fully saturated rings. The minimum absolute atomic E-state index is 0.0364. The number of hydrogen-bond acceptors (Lipinski definition) is 4. The Labute approximate surface area is 222 Å². The Hall–Kier alpha value is -3.97. The first kappa shape index (κ1) is 25.7. The highest BCUT2D eigenvalue weighted by atomic mass is 19.1. The van der Waals surface area contributed by atoms with Crippen molar-refractivity contribution in [1.82, 2.24) is 14.7 Å². The number of aromatic nitrogens is 2. The lowest BCUT2D eigenvalue weighted by molar-refractivity contribution is 0.0505. The number of halogens is 1. The number of amides is 1. The van der Waals surface area contributed by atoms with Gasteiger partial charge in [0.2, 0.25) is 5.88 Å². The maximum atomic E-state index is 14.8. The highest BCUT2D eigenvalue weighted by Gasteiger charge is 2.30. The normalized spacial score (nSPS) is 15.1. The molecule has 1 amide bonds. The third kappa shape index (κ3) is 5.63. The summed E-state index contributed by atoms with van der Waals surface area (Å²) in [4.78, 5) is 15.6. The summed E-state index contributed by atoms with van der Waals surface area (Å²) in [5.41, 5.74) is 2.92. The van der Waals surface area contributed by atoms with Crippen LogP contribution in [0.3, 0.4) is 0 Å². The molecule has 38 heavy (non-hydrogen) atoms. The van der Waals surface area contributed by atoms with Gasteiger partial charge in [0, 0.05) is 18.7 Å². The molecule has 0 unspecified atom stereocenters. The smallest absolute Gasteiger partial charge is 0.254 e. The lowest BCUT2D eigenvalue weighted by Crippen LogP contribution is -2.37. The van der Waals surface area contributed by atoms with E-state index in [1.54, 1.807) is 27.8 Å². The molecule has 0 N–H and O–H groups in total. The Bertz CT molecular complexity index is 1370. The van der Waals surface area contributed by atoms with Crippen LogP contribution in [0.2, 0.25) is 0 Å². The van der Waals surface area contributed by atoms with Gasteiger partial charge >= 0.3 is 0 Å². The average molecular weight is 514 g/mol. The van der Waals surface area contributed by atoms with Crippen LogP contribution in [-0.2, 0) is 11.3 Å². The number of para-hydroxylation sites is 2. The highest BCUT2D eigenvalue weighted by molar-refractivity contribution is 5.94. The van der Waals surface area contributed by atoms with Crippen LogP contribution in [-0.4, -0.2) is 39.8 Å². The molecule has 1 aromatic heterocycles. The van der Waals surface area contributed by atoms with Crippen molar-refractivity contribution in [2.75, 3.05) is 13.2 Å². The van der Waals surface area contributed by atoms with E-state index in [9.17, 15) is 9.18 Å². The first-order chi connectivity index (χ1) is 18.5. The molecule has 4 aromatic rings. The predicted molar refractivity (Wildman–Crippen MR) is 144 cm³/mol. The number of carbonyl (C=O) groups is 1. The topological polar surface area (TPSA) is 56.6 Å². The Balaban J connectivity index is 1.61. The van der Waals surface area contributed by atoms with Crippen molar-refractivity contribution in [3.63, 3.8) is 0 Å². The number of hydrogen-bond donors (Lipinski definition) is 0. The number of carbonyl (C=O) groups excluding carboxylic acids is 1. The van der Waals surface area contributed by atoms with E-state index in [1.807, 2.05) is 60.7 Å². The van der Waals surface area contributed by atoms with E-state index in [1.165, 1.54) is 6.07 Å². The zero-order valence-corrected chi connectivity index (χ0v) is 21.7. The van der Waals surface area contributed by atoms with E-state index in [0.29, 0.717) is 24.6 Å². The molecule has 1 atom stereocenters. The van der Waals surface area contributed by atoms with Gasteiger partial charge in [0.15, 0.2) is 11.6 Å². The van der Waals surface area contributed by atoms with Crippen LogP contribution in [0.1, 0.15) is 54.2 Å². The maximum Gasteiger partial charge on any atom is 0.254 e. The molecule has 7 heteroatoms. The van der Waals surface area contributed by atoms with Crippen molar-refractivity contribution < 1.29 is 18.7 Å². The van der Waals surface area contributed by atoms with Crippen molar-refractivity contribution in [3.05, 3.63) is 108 Å². The van der Waals surface area contributed by atoms with Crippen molar-refractivity contribution in [1.29, 1.82) is 0 Å². The highest BCUT2D eigenvalue weighted by Crippen LogP contribution is 2.36. The van der Waals surface area contributed by atoms with Gasteiger partial charge in [0.1, 0.15) is 0 Å². The number of rotatable bonds is 9. The average Bonchev–Trinajstić information content (AvgIpc) is 3.58. The minimum Gasteiger partial charge on any atom is -0.435 e. The summed E-state index contributed by atoms with van der Waals surface area (Å²) in [7, 11) is 0. The maximum absolute atomic E-state index is 14.8. The van der Waals surface area contributed by atoms with Crippen LogP contribution >= 0.6 is 0 Å². The monoisotopic (exact) mass is 513 g/mol. The summed E-state index contributed by atoms with van der Waals surface area (Å²) < 4.78 is 28.6. The lowest BCUT2D eigenvalue weighted by atomic mass is 10.0. The lowest BCUT2D eigenvalue weighted by Gasteiger charge is -2.26. The van der Waals surface area contributed by atoms with Crippen LogP contribution in [0.15, 0.2) is 84.9 Å².